The summed E-state index contributed by atoms with van der Waals surface area (Å²) in [5, 5.41) is 9.82. The summed E-state index contributed by atoms with van der Waals surface area (Å²) < 4.78 is 10.5. The van der Waals surface area contributed by atoms with Crippen LogP contribution in [0, 0.1) is 0 Å². The molecule has 1 heterocycles. The summed E-state index contributed by atoms with van der Waals surface area (Å²) in [6, 6.07) is 0. The van der Waals surface area contributed by atoms with Crippen LogP contribution in [0.5, 0.6) is 11.5 Å². The monoisotopic (exact) mass is 302 g/mol. The lowest BCUT2D eigenvalue weighted by Crippen LogP contribution is -2.37. The molecule has 3 nitrogen and oxygen atoms in total. The Labute approximate surface area is 112 Å². The largest absolute Gasteiger partial charge is 0.479 e. The van der Waals surface area contributed by atoms with Crippen molar-refractivity contribution in [1.82, 2.24) is 0 Å². The number of rotatable bonds is 0. The van der Waals surface area contributed by atoms with Crippen molar-refractivity contribution in [2.75, 3.05) is 0 Å². The summed E-state index contributed by atoms with van der Waals surface area (Å²) in [7, 11) is 0. The van der Waals surface area contributed by atoms with Gasteiger partial charge in [0.1, 0.15) is 10.0 Å². The molecule has 0 spiro atoms. The third-order valence-electron chi connectivity index (χ3n) is 2.13. The second kappa shape index (κ2) is 4.31. The van der Waals surface area contributed by atoms with Crippen molar-refractivity contribution in [2.45, 2.75) is 19.3 Å². The molecule has 0 saturated carbocycles. The minimum atomic E-state index is -1.13. The van der Waals surface area contributed by atoms with E-state index in [0.717, 1.165) is 0 Å². The maximum absolute atomic E-state index is 9.47. The van der Waals surface area contributed by atoms with Crippen LogP contribution >= 0.6 is 46.4 Å². The fraction of sp³-hybridized carbons (Fsp3) is 0.333. The zero-order valence-electron chi connectivity index (χ0n) is 7.93. The zero-order chi connectivity index (χ0) is 12.0. The summed E-state index contributed by atoms with van der Waals surface area (Å²) in [5.41, 5.74) is 0. The Bertz CT molecular complexity index is 408. The molecular formula is C9H6Cl4O3. The molecule has 1 aliphatic rings. The molecule has 0 fully saturated rings. The lowest BCUT2D eigenvalue weighted by molar-refractivity contribution is -0.106. The highest BCUT2D eigenvalue weighted by molar-refractivity contribution is 6.53. The molecule has 16 heavy (non-hydrogen) atoms. The number of ether oxygens (including phenoxy) is 2. The van der Waals surface area contributed by atoms with E-state index in [1.165, 1.54) is 0 Å². The van der Waals surface area contributed by atoms with Gasteiger partial charge < -0.3 is 14.6 Å². The second-order valence-corrected chi connectivity index (χ2v) is 4.76. The number of hydrogen-bond donors (Lipinski definition) is 1. The number of halogens is 4. The normalized spacial score (nSPS) is 23.4. The van der Waals surface area contributed by atoms with Gasteiger partial charge in [0.05, 0.1) is 10.0 Å². The van der Waals surface area contributed by atoms with Crippen molar-refractivity contribution in [2.24, 2.45) is 0 Å². The highest BCUT2D eigenvalue weighted by atomic mass is 35.5. The van der Waals surface area contributed by atoms with E-state index in [2.05, 4.69) is 0 Å². The van der Waals surface area contributed by atoms with Crippen LogP contribution in [-0.2, 0) is 0 Å². The van der Waals surface area contributed by atoms with Crippen molar-refractivity contribution >= 4 is 46.4 Å². The number of hydrogen-bond acceptors (Lipinski definition) is 3. The number of aliphatic hydroxyl groups excluding tert-OH is 1. The van der Waals surface area contributed by atoms with Gasteiger partial charge in [-0.1, -0.05) is 46.4 Å². The minimum absolute atomic E-state index is 0.0667. The highest BCUT2D eigenvalue weighted by Gasteiger charge is 2.33. The summed E-state index contributed by atoms with van der Waals surface area (Å²) in [6.07, 6.45) is -1.70. The standard InChI is InChI=1S/C9H6Cl4O3/c1-2-9(14)16-8-6(13)4(11)3(10)5(12)7(8)15-2/h2,9,14H,1H3/t2-,9?/m0/s1. The Morgan fingerprint density at radius 3 is 1.81 bits per heavy atom. The third kappa shape index (κ3) is 1.81. The Kier molecular flexibility index (Phi) is 3.34. The molecular weight excluding hydrogens is 298 g/mol. The molecule has 0 radical (unpaired) electrons. The Morgan fingerprint density at radius 1 is 0.875 bits per heavy atom. The first-order valence-corrected chi connectivity index (χ1v) is 5.82. The summed E-state index contributed by atoms with van der Waals surface area (Å²) in [6.45, 7) is 1.63. The maximum Gasteiger partial charge on any atom is 0.234 e. The molecule has 0 aliphatic carbocycles. The average molecular weight is 304 g/mol. The number of benzene rings is 1. The lowest BCUT2D eigenvalue weighted by Gasteiger charge is -2.30. The van der Waals surface area contributed by atoms with E-state index in [1.54, 1.807) is 6.92 Å². The van der Waals surface area contributed by atoms with Gasteiger partial charge in [-0.15, -0.1) is 0 Å². The Balaban J connectivity index is 2.64. The molecule has 0 amide bonds. The number of aliphatic hydroxyl groups is 1. The van der Waals surface area contributed by atoms with Crippen molar-refractivity contribution in [3.8, 4) is 11.5 Å². The summed E-state index contributed by atoms with van der Waals surface area (Å²) >= 11 is 23.5. The Morgan fingerprint density at radius 2 is 1.31 bits per heavy atom. The van der Waals surface area contributed by atoms with Crippen molar-refractivity contribution in [3.05, 3.63) is 20.1 Å². The van der Waals surface area contributed by atoms with Gasteiger partial charge in [-0.2, -0.15) is 0 Å². The van der Waals surface area contributed by atoms with Gasteiger partial charge in [-0.25, -0.2) is 0 Å². The van der Waals surface area contributed by atoms with Gasteiger partial charge in [0, 0.05) is 0 Å². The first kappa shape index (κ1) is 12.4. The van der Waals surface area contributed by atoms with Gasteiger partial charge in [0.15, 0.2) is 17.6 Å². The smallest absolute Gasteiger partial charge is 0.234 e. The molecule has 7 heteroatoms. The molecule has 88 valence electrons. The van der Waals surface area contributed by atoms with Crippen molar-refractivity contribution < 1.29 is 14.6 Å². The van der Waals surface area contributed by atoms with Gasteiger partial charge in [0.25, 0.3) is 0 Å². The predicted molar refractivity (Wildman–Crippen MR) is 63.2 cm³/mol. The van der Waals surface area contributed by atoms with Crippen LogP contribution < -0.4 is 9.47 Å². The van der Waals surface area contributed by atoms with E-state index in [-0.39, 0.29) is 31.6 Å². The molecule has 0 aromatic heterocycles. The quantitative estimate of drug-likeness (QED) is 0.585. The minimum Gasteiger partial charge on any atom is -0.479 e. The zero-order valence-corrected chi connectivity index (χ0v) is 11.0. The van der Waals surface area contributed by atoms with Crippen LogP contribution in [0.15, 0.2) is 0 Å². The molecule has 1 aromatic carbocycles. The maximum atomic E-state index is 9.47. The number of fused-ring (bicyclic) bond motifs is 1. The van der Waals surface area contributed by atoms with Gasteiger partial charge in [-0.3, -0.25) is 0 Å². The van der Waals surface area contributed by atoms with Crippen molar-refractivity contribution in [1.29, 1.82) is 0 Å². The molecule has 0 bridgehead atoms. The van der Waals surface area contributed by atoms with E-state index in [9.17, 15) is 5.11 Å². The Hall–Kier alpha value is -0.0600. The third-order valence-corrected chi connectivity index (χ3v) is 3.89. The fourth-order valence-electron chi connectivity index (χ4n) is 1.26. The van der Waals surface area contributed by atoms with Crippen LogP contribution in [0.25, 0.3) is 0 Å². The molecule has 1 N–H and O–H groups in total. The van der Waals surface area contributed by atoms with E-state index < -0.39 is 12.4 Å². The predicted octanol–water partition coefficient (Wildman–Crippen LogP) is 3.78. The van der Waals surface area contributed by atoms with Crippen LogP contribution in [-0.4, -0.2) is 17.5 Å². The van der Waals surface area contributed by atoms with Crippen molar-refractivity contribution in [3.63, 3.8) is 0 Å². The molecule has 1 aliphatic heterocycles. The van der Waals surface area contributed by atoms with Crippen LogP contribution in [0.1, 0.15) is 6.92 Å². The average Bonchev–Trinajstić information content (AvgIpc) is 2.26. The van der Waals surface area contributed by atoms with Gasteiger partial charge >= 0.3 is 0 Å². The highest BCUT2D eigenvalue weighted by Crippen LogP contribution is 2.52. The van der Waals surface area contributed by atoms with Crippen LogP contribution in [0.3, 0.4) is 0 Å². The van der Waals surface area contributed by atoms with E-state index in [1.807, 2.05) is 0 Å². The van der Waals surface area contributed by atoms with Crippen LogP contribution in [0.4, 0.5) is 0 Å². The lowest BCUT2D eigenvalue weighted by atomic mass is 10.2. The molecule has 2 atom stereocenters. The van der Waals surface area contributed by atoms with E-state index in [4.69, 9.17) is 55.9 Å². The summed E-state index contributed by atoms with van der Waals surface area (Å²) in [5.74, 6) is 0.297. The van der Waals surface area contributed by atoms with Crippen LogP contribution in [0.2, 0.25) is 20.1 Å². The summed E-state index contributed by atoms with van der Waals surface area (Å²) in [4.78, 5) is 0. The first-order chi connectivity index (χ1) is 7.43. The molecule has 0 saturated heterocycles. The second-order valence-electron chi connectivity index (χ2n) is 3.25. The van der Waals surface area contributed by atoms with E-state index >= 15 is 0 Å². The fourth-order valence-corrected chi connectivity index (χ4v) is 2.17. The topological polar surface area (TPSA) is 38.7 Å². The SMILES string of the molecule is C[C@@H]1Oc2c(Cl)c(Cl)c(Cl)c(Cl)c2OC1O. The molecule has 1 unspecified atom stereocenters. The molecule has 2 rings (SSSR count). The molecule has 1 aromatic rings. The first-order valence-electron chi connectivity index (χ1n) is 4.30. The van der Waals surface area contributed by atoms with E-state index in [0.29, 0.717) is 0 Å². The van der Waals surface area contributed by atoms with Gasteiger partial charge in [-0.05, 0) is 6.92 Å². The van der Waals surface area contributed by atoms with Gasteiger partial charge in [0.2, 0.25) is 6.29 Å².